The maximum atomic E-state index is 11.9. The lowest BCUT2D eigenvalue weighted by molar-refractivity contribution is -0.131. The molecule has 1 amide bonds. The first-order chi connectivity index (χ1) is 7.96. The Morgan fingerprint density at radius 1 is 1.53 bits per heavy atom. The lowest BCUT2D eigenvalue weighted by Crippen LogP contribution is -2.53. The highest BCUT2D eigenvalue weighted by molar-refractivity contribution is 7.92. The monoisotopic (exact) mass is 264 g/mol. The molecule has 1 fully saturated rings. The molecular formula is C10H20N2O4S. The van der Waals surface area contributed by atoms with E-state index in [2.05, 4.69) is 5.32 Å². The first-order valence-electron chi connectivity index (χ1n) is 5.66. The van der Waals surface area contributed by atoms with Crippen LogP contribution in [0.2, 0.25) is 0 Å². The lowest BCUT2D eigenvalue weighted by atomic mass is 10.2. The molecule has 0 unspecified atom stereocenters. The number of hydrogen-bond donors (Lipinski definition) is 1. The molecule has 0 bridgehead atoms. The molecule has 0 aromatic rings. The molecule has 1 heterocycles. The van der Waals surface area contributed by atoms with Gasteiger partial charge in [-0.3, -0.25) is 4.79 Å². The van der Waals surface area contributed by atoms with Crippen molar-refractivity contribution in [1.82, 2.24) is 10.2 Å². The van der Waals surface area contributed by atoms with E-state index in [0.29, 0.717) is 19.6 Å². The van der Waals surface area contributed by atoms with Gasteiger partial charge in [-0.05, 0) is 6.92 Å². The van der Waals surface area contributed by atoms with Crippen molar-refractivity contribution in [3.63, 3.8) is 0 Å². The van der Waals surface area contributed by atoms with Crippen molar-refractivity contribution >= 4 is 15.7 Å². The average molecular weight is 264 g/mol. The zero-order valence-corrected chi connectivity index (χ0v) is 11.1. The van der Waals surface area contributed by atoms with Gasteiger partial charge in [0.15, 0.2) is 9.84 Å². The van der Waals surface area contributed by atoms with Crippen LogP contribution < -0.4 is 5.32 Å². The maximum Gasteiger partial charge on any atom is 0.238 e. The zero-order chi connectivity index (χ0) is 12.9. The Morgan fingerprint density at radius 2 is 2.24 bits per heavy atom. The zero-order valence-electron chi connectivity index (χ0n) is 10.3. The van der Waals surface area contributed by atoms with E-state index in [0.717, 1.165) is 0 Å². The summed E-state index contributed by atoms with van der Waals surface area (Å²) >= 11 is 0. The molecule has 1 aliphatic heterocycles. The number of methoxy groups -OCH3 is 1. The van der Waals surface area contributed by atoms with E-state index < -0.39 is 15.6 Å². The van der Waals surface area contributed by atoms with E-state index in [9.17, 15) is 13.2 Å². The molecule has 1 atom stereocenters. The summed E-state index contributed by atoms with van der Waals surface area (Å²) in [6.07, 6.45) is 0. The molecule has 1 N–H and O–H groups in total. The van der Waals surface area contributed by atoms with Gasteiger partial charge >= 0.3 is 0 Å². The SMILES string of the molecule is COCCS(=O)(=O)CC(=O)N1CCNC[C@H]1C. The van der Waals surface area contributed by atoms with E-state index >= 15 is 0 Å². The molecule has 1 saturated heterocycles. The largest absolute Gasteiger partial charge is 0.384 e. The second-order valence-corrected chi connectivity index (χ2v) is 6.41. The summed E-state index contributed by atoms with van der Waals surface area (Å²) in [5, 5.41) is 3.15. The molecule has 100 valence electrons. The minimum absolute atomic E-state index is 0.0499. The summed E-state index contributed by atoms with van der Waals surface area (Å²) in [6, 6.07) is 0.0499. The number of nitrogens with zero attached hydrogens (tertiary/aromatic N) is 1. The summed E-state index contributed by atoms with van der Waals surface area (Å²) in [5.74, 6) is -0.828. The van der Waals surface area contributed by atoms with Crippen LogP contribution in [0.1, 0.15) is 6.92 Å². The van der Waals surface area contributed by atoms with Gasteiger partial charge in [0.05, 0.1) is 12.4 Å². The Bertz CT molecular complexity index is 355. The number of carbonyl (C=O) groups is 1. The number of sulfone groups is 1. The van der Waals surface area contributed by atoms with Gasteiger partial charge in [0.25, 0.3) is 0 Å². The Balaban J connectivity index is 2.53. The molecule has 0 spiro atoms. The van der Waals surface area contributed by atoms with Crippen molar-refractivity contribution in [2.24, 2.45) is 0 Å². The number of ether oxygens (including phenoxy) is 1. The normalized spacial score (nSPS) is 21.5. The highest BCUT2D eigenvalue weighted by atomic mass is 32.2. The quantitative estimate of drug-likeness (QED) is 0.680. The van der Waals surface area contributed by atoms with Crippen LogP contribution in [0.15, 0.2) is 0 Å². The fourth-order valence-electron chi connectivity index (χ4n) is 1.77. The van der Waals surface area contributed by atoms with Crippen molar-refractivity contribution in [3.8, 4) is 0 Å². The molecule has 7 heteroatoms. The van der Waals surface area contributed by atoms with Gasteiger partial charge in [-0.25, -0.2) is 8.42 Å². The number of nitrogens with one attached hydrogen (secondary N) is 1. The van der Waals surface area contributed by atoms with E-state index in [1.807, 2.05) is 6.92 Å². The van der Waals surface area contributed by atoms with Crippen LogP contribution in [0, 0.1) is 0 Å². The van der Waals surface area contributed by atoms with Crippen molar-refractivity contribution in [3.05, 3.63) is 0 Å². The van der Waals surface area contributed by atoms with Crippen LogP contribution in [0.25, 0.3) is 0 Å². The van der Waals surface area contributed by atoms with Gasteiger partial charge < -0.3 is 15.0 Å². The third-order valence-electron chi connectivity index (χ3n) is 2.76. The van der Waals surface area contributed by atoms with Gasteiger partial charge in [0.2, 0.25) is 5.91 Å². The highest BCUT2D eigenvalue weighted by Crippen LogP contribution is 2.05. The lowest BCUT2D eigenvalue weighted by Gasteiger charge is -2.33. The predicted molar refractivity (Wildman–Crippen MR) is 64.6 cm³/mol. The second-order valence-electron chi connectivity index (χ2n) is 4.23. The first kappa shape index (κ1) is 14.4. The number of piperazine rings is 1. The molecule has 0 radical (unpaired) electrons. The summed E-state index contributed by atoms with van der Waals surface area (Å²) in [7, 11) is -1.91. The molecule has 6 nitrogen and oxygen atoms in total. The molecule has 0 saturated carbocycles. The first-order valence-corrected chi connectivity index (χ1v) is 7.48. The van der Waals surface area contributed by atoms with Crippen LogP contribution in [0.5, 0.6) is 0 Å². The van der Waals surface area contributed by atoms with Crippen LogP contribution in [0.4, 0.5) is 0 Å². The van der Waals surface area contributed by atoms with Gasteiger partial charge in [0, 0.05) is 32.8 Å². The molecule has 0 aliphatic carbocycles. The summed E-state index contributed by atoms with van der Waals surface area (Å²) in [4.78, 5) is 13.5. The number of hydrogen-bond acceptors (Lipinski definition) is 5. The van der Waals surface area contributed by atoms with Crippen molar-refractivity contribution < 1.29 is 17.9 Å². The van der Waals surface area contributed by atoms with Crippen LogP contribution >= 0.6 is 0 Å². The van der Waals surface area contributed by atoms with Crippen molar-refractivity contribution in [2.45, 2.75) is 13.0 Å². The van der Waals surface area contributed by atoms with E-state index in [-0.39, 0.29) is 24.3 Å². The Hall–Kier alpha value is -0.660. The summed E-state index contributed by atoms with van der Waals surface area (Å²) in [6.45, 7) is 4.04. The summed E-state index contributed by atoms with van der Waals surface area (Å²) < 4.78 is 27.9. The smallest absolute Gasteiger partial charge is 0.238 e. The highest BCUT2D eigenvalue weighted by Gasteiger charge is 2.26. The van der Waals surface area contributed by atoms with Gasteiger partial charge in [0.1, 0.15) is 5.75 Å². The van der Waals surface area contributed by atoms with Crippen LogP contribution in [-0.4, -0.2) is 70.1 Å². The van der Waals surface area contributed by atoms with Crippen LogP contribution in [0.3, 0.4) is 0 Å². The van der Waals surface area contributed by atoms with Crippen LogP contribution in [-0.2, 0) is 19.4 Å². The van der Waals surface area contributed by atoms with Crippen molar-refractivity contribution in [1.29, 1.82) is 0 Å². The Labute approximate surface area is 102 Å². The molecule has 17 heavy (non-hydrogen) atoms. The molecule has 1 aliphatic rings. The molecule has 1 rings (SSSR count). The molecular weight excluding hydrogens is 244 g/mol. The number of amides is 1. The molecule has 0 aromatic carbocycles. The van der Waals surface area contributed by atoms with Crippen molar-refractivity contribution in [2.75, 3.05) is 44.9 Å². The van der Waals surface area contributed by atoms with E-state index in [1.54, 1.807) is 4.90 Å². The van der Waals surface area contributed by atoms with E-state index in [1.165, 1.54) is 7.11 Å². The predicted octanol–water partition coefficient (Wildman–Crippen LogP) is -1.13. The minimum atomic E-state index is -3.35. The average Bonchev–Trinajstić information content (AvgIpc) is 2.26. The third-order valence-corrected chi connectivity index (χ3v) is 4.24. The van der Waals surface area contributed by atoms with E-state index in [4.69, 9.17) is 4.74 Å². The number of rotatable bonds is 5. The Kier molecular flexibility index (Phi) is 5.35. The second kappa shape index (κ2) is 6.32. The standard InChI is InChI=1S/C10H20N2O4S/c1-9-7-11-3-4-12(9)10(13)8-17(14,15)6-5-16-2/h9,11H,3-8H2,1-2H3/t9-/m1/s1. The molecule has 0 aromatic heterocycles. The number of carbonyl (C=O) groups excluding carboxylic acids is 1. The van der Waals surface area contributed by atoms with Gasteiger partial charge in [-0.15, -0.1) is 0 Å². The fraction of sp³-hybridized carbons (Fsp3) is 0.900. The third kappa shape index (κ3) is 4.61. The Morgan fingerprint density at radius 3 is 2.82 bits per heavy atom. The van der Waals surface area contributed by atoms with Gasteiger partial charge in [-0.1, -0.05) is 0 Å². The maximum absolute atomic E-state index is 11.9. The fourth-order valence-corrected chi connectivity index (χ4v) is 2.87. The summed E-state index contributed by atoms with van der Waals surface area (Å²) in [5.41, 5.74) is 0. The topological polar surface area (TPSA) is 75.7 Å². The minimum Gasteiger partial charge on any atom is -0.384 e. The van der Waals surface area contributed by atoms with Gasteiger partial charge in [-0.2, -0.15) is 0 Å².